The maximum absolute atomic E-state index is 6.11. The molecular formula is C16H25ClN2. The molecule has 0 spiro atoms. The van der Waals surface area contributed by atoms with Gasteiger partial charge in [-0.2, -0.15) is 0 Å². The number of nitrogens with two attached hydrogens (primary N) is 1. The summed E-state index contributed by atoms with van der Waals surface area (Å²) in [5, 5.41) is 0.793. The van der Waals surface area contributed by atoms with Gasteiger partial charge in [-0.1, -0.05) is 43.5 Å². The molecule has 0 aromatic heterocycles. The van der Waals surface area contributed by atoms with Crippen molar-refractivity contribution in [3.63, 3.8) is 0 Å². The van der Waals surface area contributed by atoms with Crippen LogP contribution in [0.5, 0.6) is 0 Å². The van der Waals surface area contributed by atoms with Gasteiger partial charge < -0.3 is 5.73 Å². The third-order valence-electron chi connectivity index (χ3n) is 4.54. The largest absolute Gasteiger partial charge is 0.329 e. The number of benzene rings is 1. The fourth-order valence-corrected chi connectivity index (χ4v) is 3.58. The Morgan fingerprint density at radius 1 is 1.37 bits per heavy atom. The van der Waals surface area contributed by atoms with Gasteiger partial charge in [0.1, 0.15) is 0 Å². The Morgan fingerprint density at radius 2 is 2.11 bits per heavy atom. The van der Waals surface area contributed by atoms with E-state index >= 15 is 0 Å². The highest BCUT2D eigenvalue weighted by molar-refractivity contribution is 6.30. The van der Waals surface area contributed by atoms with Crippen LogP contribution < -0.4 is 5.73 Å². The lowest BCUT2D eigenvalue weighted by atomic mass is 9.84. The molecule has 2 rings (SSSR count). The molecule has 2 nitrogen and oxygen atoms in total. The number of rotatable bonds is 4. The molecule has 3 unspecified atom stereocenters. The van der Waals surface area contributed by atoms with Crippen molar-refractivity contribution < 1.29 is 0 Å². The predicted molar refractivity (Wildman–Crippen MR) is 82.4 cm³/mol. The Morgan fingerprint density at radius 3 is 2.74 bits per heavy atom. The van der Waals surface area contributed by atoms with Gasteiger partial charge in [0.2, 0.25) is 0 Å². The summed E-state index contributed by atoms with van der Waals surface area (Å²) in [6.07, 6.45) is 5.33. The molecule has 3 atom stereocenters. The van der Waals surface area contributed by atoms with Crippen LogP contribution in [0.25, 0.3) is 0 Å². The summed E-state index contributed by atoms with van der Waals surface area (Å²) in [5.41, 5.74) is 7.25. The highest BCUT2D eigenvalue weighted by Gasteiger charge is 2.29. The number of hydrogen-bond acceptors (Lipinski definition) is 2. The zero-order valence-electron chi connectivity index (χ0n) is 12.0. The minimum Gasteiger partial charge on any atom is -0.329 e. The average molecular weight is 281 g/mol. The van der Waals surface area contributed by atoms with Gasteiger partial charge in [-0.05, 0) is 43.5 Å². The monoisotopic (exact) mass is 280 g/mol. The van der Waals surface area contributed by atoms with E-state index in [9.17, 15) is 0 Å². The van der Waals surface area contributed by atoms with Crippen molar-refractivity contribution in [3.8, 4) is 0 Å². The van der Waals surface area contributed by atoms with Crippen LogP contribution >= 0.6 is 11.6 Å². The van der Waals surface area contributed by atoms with Gasteiger partial charge in [-0.3, -0.25) is 4.90 Å². The Kier molecular flexibility index (Phi) is 5.26. The molecule has 19 heavy (non-hydrogen) atoms. The molecule has 0 radical (unpaired) electrons. The molecule has 1 saturated carbocycles. The molecule has 0 bridgehead atoms. The molecule has 1 aromatic carbocycles. The standard InChI is InChI=1S/C16H25ClN2/c1-12-6-3-4-9-15(12)19(2)16(11-18)13-7-5-8-14(17)10-13/h5,7-8,10,12,15-16H,3-4,6,9,11,18H2,1-2H3. The molecular weight excluding hydrogens is 256 g/mol. The molecule has 0 saturated heterocycles. The molecule has 106 valence electrons. The second kappa shape index (κ2) is 6.74. The fraction of sp³-hybridized carbons (Fsp3) is 0.625. The van der Waals surface area contributed by atoms with Gasteiger partial charge >= 0.3 is 0 Å². The molecule has 0 aliphatic heterocycles. The molecule has 2 N–H and O–H groups in total. The van der Waals surface area contributed by atoms with Crippen LogP contribution in [-0.4, -0.2) is 24.5 Å². The van der Waals surface area contributed by atoms with Gasteiger partial charge in [0.05, 0.1) is 0 Å². The van der Waals surface area contributed by atoms with E-state index in [2.05, 4.69) is 24.9 Å². The van der Waals surface area contributed by atoms with E-state index < -0.39 is 0 Å². The predicted octanol–water partition coefficient (Wildman–Crippen LogP) is 3.85. The molecule has 3 heteroatoms. The van der Waals surface area contributed by atoms with Crippen LogP contribution in [0.2, 0.25) is 5.02 Å². The topological polar surface area (TPSA) is 29.3 Å². The summed E-state index contributed by atoms with van der Waals surface area (Å²) in [4.78, 5) is 2.47. The maximum atomic E-state index is 6.11. The lowest BCUT2D eigenvalue weighted by Gasteiger charge is -2.40. The lowest BCUT2D eigenvalue weighted by Crippen LogP contribution is -2.43. The first-order valence-corrected chi connectivity index (χ1v) is 7.68. The van der Waals surface area contributed by atoms with Crippen molar-refractivity contribution in [2.75, 3.05) is 13.6 Å². The Hall–Kier alpha value is -0.570. The highest BCUT2D eigenvalue weighted by atomic mass is 35.5. The average Bonchev–Trinajstić information content (AvgIpc) is 2.40. The minimum atomic E-state index is 0.268. The second-order valence-electron chi connectivity index (χ2n) is 5.80. The minimum absolute atomic E-state index is 0.268. The van der Waals surface area contributed by atoms with E-state index in [0.717, 1.165) is 10.9 Å². The molecule has 0 amide bonds. The highest BCUT2D eigenvalue weighted by Crippen LogP contribution is 2.32. The van der Waals surface area contributed by atoms with Gasteiger partial charge in [-0.25, -0.2) is 0 Å². The zero-order chi connectivity index (χ0) is 13.8. The lowest BCUT2D eigenvalue weighted by molar-refractivity contribution is 0.0992. The van der Waals surface area contributed by atoms with E-state index in [1.165, 1.54) is 31.2 Å². The SMILES string of the molecule is CC1CCCCC1N(C)C(CN)c1cccc(Cl)c1. The van der Waals surface area contributed by atoms with Crippen LogP contribution in [0.4, 0.5) is 0 Å². The summed E-state index contributed by atoms with van der Waals surface area (Å²) >= 11 is 6.11. The van der Waals surface area contributed by atoms with E-state index in [1.807, 2.05) is 18.2 Å². The van der Waals surface area contributed by atoms with Crippen LogP contribution in [0.3, 0.4) is 0 Å². The van der Waals surface area contributed by atoms with Gasteiger partial charge in [0.15, 0.2) is 0 Å². The number of hydrogen-bond donors (Lipinski definition) is 1. The number of likely N-dealkylation sites (N-methyl/N-ethyl adjacent to an activating group) is 1. The molecule has 1 aromatic rings. The molecule has 1 aliphatic carbocycles. The molecule has 0 heterocycles. The fourth-order valence-electron chi connectivity index (χ4n) is 3.38. The van der Waals surface area contributed by atoms with Gasteiger partial charge in [0.25, 0.3) is 0 Å². The Balaban J connectivity index is 2.16. The van der Waals surface area contributed by atoms with Crippen molar-refractivity contribution in [2.45, 2.75) is 44.7 Å². The summed E-state index contributed by atoms with van der Waals surface area (Å²) < 4.78 is 0. The number of halogens is 1. The van der Waals surface area contributed by atoms with E-state index in [0.29, 0.717) is 12.6 Å². The smallest absolute Gasteiger partial charge is 0.0470 e. The van der Waals surface area contributed by atoms with Crippen molar-refractivity contribution in [1.29, 1.82) is 0 Å². The summed E-state index contributed by atoms with van der Waals surface area (Å²) in [6, 6.07) is 9.02. The van der Waals surface area contributed by atoms with Crippen molar-refractivity contribution in [1.82, 2.24) is 4.90 Å². The molecule has 1 fully saturated rings. The van der Waals surface area contributed by atoms with Gasteiger partial charge in [0, 0.05) is 23.7 Å². The van der Waals surface area contributed by atoms with Crippen LogP contribution in [0, 0.1) is 5.92 Å². The first-order chi connectivity index (χ1) is 9.13. The maximum Gasteiger partial charge on any atom is 0.0470 e. The van der Waals surface area contributed by atoms with E-state index in [-0.39, 0.29) is 6.04 Å². The quantitative estimate of drug-likeness (QED) is 0.908. The Labute approximate surface area is 121 Å². The first kappa shape index (κ1) is 14.8. The number of nitrogens with zero attached hydrogens (tertiary/aromatic N) is 1. The van der Waals surface area contributed by atoms with Crippen LogP contribution in [-0.2, 0) is 0 Å². The van der Waals surface area contributed by atoms with Crippen molar-refractivity contribution in [3.05, 3.63) is 34.9 Å². The third-order valence-corrected chi connectivity index (χ3v) is 4.77. The third kappa shape index (κ3) is 3.50. The second-order valence-corrected chi connectivity index (χ2v) is 6.24. The van der Waals surface area contributed by atoms with E-state index in [4.69, 9.17) is 17.3 Å². The normalized spacial score (nSPS) is 25.5. The van der Waals surface area contributed by atoms with Crippen molar-refractivity contribution in [2.24, 2.45) is 11.7 Å². The summed E-state index contributed by atoms with van der Waals surface area (Å²) in [6.45, 7) is 3.01. The Bertz CT molecular complexity index is 407. The van der Waals surface area contributed by atoms with Crippen LogP contribution in [0.1, 0.15) is 44.2 Å². The van der Waals surface area contributed by atoms with Gasteiger partial charge in [-0.15, -0.1) is 0 Å². The summed E-state index contributed by atoms with van der Waals surface area (Å²) in [7, 11) is 2.21. The summed E-state index contributed by atoms with van der Waals surface area (Å²) in [5.74, 6) is 0.756. The van der Waals surface area contributed by atoms with E-state index in [1.54, 1.807) is 0 Å². The first-order valence-electron chi connectivity index (χ1n) is 7.31. The molecule has 1 aliphatic rings. The van der Waals surface area contributed by atoms with Crippen molar-refractivity contribution >= 4 is 11.6 Å². The zero-order valence-corrected chi connectivity index (χ0v) is 12.7. The van der Waals surface area contributed by atoms with Crippen LogP contribution in [0.15, 0.2) is 24.3 Å².